The lowest BCUT2D eigenvalue weighted by Crippen LogP contribution is -2.42. The lowest BCUT2D eigenvalue weighted by Gasteiger charge is -2.31. The number of alkyl halides is 1. The number of halogens is 1. The van der Waals surface area contributed by atoms with E-state index in [1.54, 1.807) is 140 Å². The van der Waals surface area contributed by atoms with Crippen LogP contribution in [-0.2, 0) is 99.3 Å². The lowest BCUT2D eigenvalue weighted by molar-refractivity contribution is -0.155. The predicted octanol–water partition coefficient (Wildman–Crippen LogP) is 13.9. The first-order valence-corrected chi connectivity index (χ1v) is 46.1. The van der Waals surface area contributed by atoms with E-state index in [0.29, 0.717) is 186 Å². The normalized spacial score (nSPS) is 19.7. The fraction of sp³-hybridized carbons (Fsp3) is 0.553. The summed E-state index contributed by atoms with van der Waals surface area (Å²) in [7, 11) is 13.8. The summed E-state index contributed by atoms with van der Waals surface area (Å²) in [6, 6.07) is 23.8. The van der Waals surface area contributed by atoms with E-state index < -0.39 is 53.9 Å². The van der Waals surface area contributed by atoms with Gasteiger partial charge in [-0.05, 0) is 201 Å². The van der Waals surface area contributed by atoms with Gasteiger partial charge in [0.1, 0.15) is 101 Å². The molecule has 726 valence electrons. The highest BCUT2D eigenvalue weighted by Gasteiger charge is 2.45. The SMILES string of the molecule is CCCCN(C)C(=O)OCc1c(-c2ccc(O[C@H]3CCC[C@H](C(=O)O)C3)cn2)nnn1C.CN(CC1CCC1)C(=O)OCc1c(-c2ccc(O[C@H]3CCC[C@H](C(=O)O)C3)cn2)nnn1C.CN(CC1CCC1)C(=O)OCc1c(-c2ccc(O[C@H]3CCC[C@](F)(C(=O)O)C3)cn2)nnn1C.Cc1nc(-c2nnn(C)c2COC(=O)N(C)Cc2ccccc2)ccc1O[C@H]1CCC[C@H](C(=O)O)C1. The maximum atomic E-state index is 14.5. The highest BCUT2D eigenvalue weighted by Crippen LogP contribution is 2.38. The van der Waals surface area contributed by atoms with Gasteiger partial charge in [0.15, 0.2) is 0 Å². The third kappa shape index (κ3) is 28.1. The third-order valence-corrected chi connectivity index (χ3v) is 25.3. The second-order valence-electron chi connectivity index (χ2n) is 35.6. The number of rotatable bonds is 33. The van der Waals surface area contributed by atoms with Crippen molar-refractivity contribution in [2.45, 2.75) is 231 Å². The number of amides is 4. The number of pyridine rings is 4. The molecule has 9 aromatic rings. The number of nitrogens with zero attached hydrogens (tertiary/aromatic N) is 20. The number of carbonyl (C=O) groups excluding carboxylic acids is 4. The third-order valence-electron chi connectivity index (χ3n) is 25.3. The molecule has 0 unspecified atom stereocenters. The van der Waals surface area contributed by atoms with Crippen LogP contribution in [0.4, 0.5) is 23.6 Å². The van der Waals surface area contributed by atoms with Crippen molar-refractivity contribution in [3.05, 3.63) is 131 Å². The highest BCUT2D eigenvalue weighted by molar-refractivity contribution is 5.77. The van der Waals surface area contributed by atoms with E-state index in [2.05, 4.69) is 68.1 Å². The number of benzene rings is 1. The van der Waals surface area contributed by atoms with Gasteiger partial charge in [-0.2, -0.15) is 0 Å². The molecule has 8 aromatic heterocycles. The lowest BCUT2D eigenvalue weighted by atomic mass is 9.84. The first kappa shape index (κ1) is 100. The molecule has 8 heterocycles. The molecule has 15 rings (SSSR count). The van der Waals surface area contributed by atoms with Crippen LogP contribution in [0.25, 0.3) is 45.6 Å². The molecule has 40 nitrogen and oxygen atoms in total. The molecule has 6 aliphatic carbocycles. The molecule has 0 aliphatic heterocycles. The number of carbonyl (C=O) groups is 8. The summed E-state index contributed by atoms with van der Waals surface area (Å²) >= 11 is 0. The fourth-order valence-electron chi connectivity index (χ4n) is 16.8. The Kier molecular flexibility index (Phi) is 35.6. The van der Waals surface area contributed by atoms with Gasteiger partial charge in [0.2, 0.25) is 5.67 Å². The molecule has 6 fully saturated rings. The van der Waals surface area contributed by atoms with Gasteiger partial charge in [0, 0.05) is 89.0 Å². The smallest absolute Gasteiger partial charge is 0.410 e. The number of aromatic nitrogens is 16. The minimum atomic E-state index is -2.26. The Bertz CT molecular complexity index is 5440. The molecule has 0 bridgehead atoms. The number of hydrogen-bond donors (Lipinski definition) is 4. The van der Waals surface area contributed by atoms with E-state index in [1.807, 2.05) is 43.3 Å². The Hall–Kier alpha value is -13.5. The summed E-state index contributed by atoms with van der Waals surface area (Å²) in [6.45, 7) is 6.47. The molecule has 6 saturated carbocycles. The zero-order valence-corrected chi connectivity index (χ0v) is 78.2. The molecule has 135 heavy (non-hydrogen) atoms. The van der Waals surface area contributed by atoms with Crippen LogP contribution < -0.4 is 18.9 Å². The van der Waals surface area contributed by atoms with E-state index >= 15 is 0 Å². The van der Waals surface area contributed by atoms with Crippen molar-refractivity contribution in [1.82, 2.24) is 99.5 Å². The van der Waals surface area contributed by atoms with Gasteiger partial charge < -0.3 is 77.9 Å². The quantitative estimate of drug-likeness (QED) is 0.0278. The van der Waals surface area contributed by atoms with E-state index in [-0.39, 0.29) is 81.4 Å². The molecular weight excluding hydrogens is 1750 g/mol. The van der Waals surface area contributed by atoms with Crippen LogP contribution >= 0.6 is 0 Å². The standard InChI is InChI=1S/C26H31N5O5.C23H30FN5O5.C23H31N5O5.C22H31N5O5/c1-17-23(36-20-11-7-10-19(14-20)25(32)33)13-12-21(27-17)24-22(31(3)29-28-24)16-35-26(34)30(2)15-18-8-5-4-6-9-18;1-28(13-15-5-3-6-15)22(32)33-14-19-20(26-27-29(19)2)18-9-8-17(12-25-18)34-16-7-4-10-23(24,11-16)21(30)31;1-27(13-15-5-3-6-15)23(31)32-14-20-21(25-26-28(20)2)19-10-9-18(12-24-19)33-17-8-4-7-16(11-17)22(29)30;1-4-5-11-26(2)22(30)31-14-19-20(24-25-27(19)3)18-10-9-17(13-23-18)32-16-8-6-7-15(12-16)21(28)29/h4-6,8-9,12-13,19-20H,7,10-11,14-16H2,1-3H3,(H,32,33);8-9,12,15-16H,3-7,10-11,13-14H2,1-2H3,(H,30,31);9-10,12,15-17H,3-8,11,13-14H2,1-2H3,(H,29,30);9-10,13,15-16H,4-8,11-12,14H2,1-3H3,(H,28,29)/t19-,20-;16-,23+;16-,17-;15-,16-/m0000/s1. The first-order valence-electron chi connectivity index (χ1n) is 46.1. The molecule has 6 aliphatic rings. The van der Waals surface area contributed by atoms with E-state index in [0.717, 1.165) is 69.8 Å². The van der Waals surface area contributed by atoms with Crippen molar-refractivity contribution in [2.75, 3.05) is 47.8 Å². The summed E-state index contributed by atoms with van der Waals surface area (Å²) in [6.07, 6.45) is 20.5. The molecule has 41 heteroatoms. The summed E-state index contributed by atoms with van der Waals surface area (Å²) in [5, 5.41) is 69.9. The van der Waals surface area contributed by atoms with Crippen molar-refractivity contribution in [3.63, 3.8) is 0 Å². The van der Waals surface area contributed by atoms with E-state index in [4.69, 9.17) is 43.0 Å². The number of aryl methyl sites for hydroxylation is 5. The number of ether oxygens (including phenoxy) is 8. The Morgan fingerprint density at radius 1 is 0.430 bits per heavy atom. The second-order valence-corrected chi connectivity index (χ2v) is 35.6. The van der Waals surface area contributed by atoms with Crippen molar-refractivity contribution >= 4 is 48.3 Å². The van der Waals surface area contributed by atoms with E-state index in [1.165, 1.54) is 41.5 Å². The van der Waals surface area contributed by atoms with Gasteiger partial charge in [0.05, 0.1) is 83.1 Å². The van der Waals surface area contributed by atoms with Crippen LogP contribution in [0.5, 0.6) is 23.0 Å². The number of unbranched alkanes of at least 4 members (excludes halogenated alkanes) is 1. The molecule has 4 N–H and O–H groups in total. The monoisotopic (exact) mass is 1870 g/mol. The minimum absolute atomic E-state index is 0.00243. The van der Waals surface area contributed by atoms with Gasteiger partial charge in [-0.3, -0.25) is 29.3 Å². The van der Waals surface area contributed by atoms with Gasteiger partial charge >= 0.3 is 48.3 Å². The summed E-state index contributed by atoms with van der Waals surface area (Å²) < 4.78 is 66.5. The average Bonchev–Trinajstić information content (AvgIpc) is 1.90. The van der Waals surface area contributed by atoms with Crippen LogP contribution in [-0.4, -0.2) is 246 Å². The number of carboxylic acids is 4. The maximum absolute atomic E-state index is 14.5. The molecular formula is C94H123FN20O20. The van der Waals surface area contributed by atoms with Crippen LogP contribution in [0.1, 0.15) is 195 Å². The van der Waals surface area contributed by atoms with Crippen LogP contribution in [0.15, 0.2) is 97.5 Å². The van der Waals surface area contributed by atoms with Crippen molar-refractivity contribution < 1.29 is 101 Å². The summed E-state index contributed by atoms with van der Waals surface area (Å²) in [5.41, 5.74) is 6.29. The van der Waals surface area contributed by atoms with Crippen LogP contribution in [0.3, 0.4) is 0 Å². The second kappa shape index (κ2) is 47.9. The highest BCUT2D eigenvalue weighted by atomic mass is 19.1. The van der Waals surface area contributed by atoms with Gasteiger partial charge in [-0.15, -0.1) is 20.4 Å². The molecule has 0 radical (unpaired) electrons. The Labute approximate surface area is 781 Å². The molecule has 4 amide bonds. The van der Waals surface area contributed by atoms with Crippen LogP contribution in [0, 0.1) is 36.5 Å². The topological polar surface area (TPSA) is 479 Å². The van der Waals surface area contributed by atoms with Crippen LogP contribution in [0.2, 0.25) is 0 Å². The number of carboxylic acid groups (broad SMARTS) is 4. The number of aliphatic carboxylic acids is 4. The molecule has 0 saturated heterocycles. The summed E-state index contributed by atoms with van der Waals surface area (Å²) in [4.78, 5) is 119. The molecule has 1 aromatic carbocycles. The van der Waals surface area contributed by atoms with Crippen molar-refractivity contribution in [3.8, 4) is 68.5 Å². The average molecular weight is 1870 g/mol. The molecule has 8 atom stereocenters. The molecule has 0 spiro atoms. The predicted molar refractivity (Wildman–Crippen MR) is 484 cm³/mol. The zero-order chi connectivity index (χ0) is 96.4. The largest absolute Gasteiger partial charge is 0.489 e. The maximum Gasteiger partial charge on any atom is 0.410 e. The van der Waals surface area contributed by atoms with Gasteiger partial charge in [0.25, 0.3) is 0 Å². The Morgan fingerprint density at radius 2 is 0.785 bits per heavy atom. The first-order chi connectivity index (χ1) is 64.8. The van der Waals surface area contributed by atoms with E-state index in [9.17, 15) is 58.1 Å². The fourth-order valence-corrected chi connectivity index (χ4v) is 16.8. The minimum Gasteiger partial charge on any atom is -0.489 e. The Morgan fingerprint density at radius 3 is 1.14 bits per heavy atom. The Balaban J connectivity index is 0.000000162. The number of hydrogen-bond acceptors (Lipinski definition) is 28. The zero-order valence-electron chi connectivity index (χ0n) is 78.2. The van der Waals surface area contributed by atoms with Crippen molar-refractivity contribution in [2.24, 2.45) is 57.8 Å². The van der Waals surface area contributed by atoms with Gasteiger partial charge in [-0.1, -0.05) is 77.4 Å². The summed E-state index contributed by atoms with van der Waals surface area (Å²) in [5.74, 6) is -1.49. The van der Waals surface area contributed by atoms with Crippen molar-refractivity contribution in [1.29, 1.82) is 0 Å². The van der Waals surface area contributed by atoms with Gasteiger partial charge in [-0.25, -0.2) is 52.1 Å².